The van der Waals surface area contributed by atoms with Gasteiger partial charge in [0, 0.05) is 17.1 Å². The van der Waals surface area contributed by atoms with Crippen LogP contribution < -0.4 is 0 Å². The van der Waals surface area contributed by atoms with E-state index >= 15 is 0 Å². The third kappa shape index (κ3) is 5.79. The number of benzene rings is 3. The van der Waals surface area contributed by atoms with Crippen molar-refractivity contribution in [1.82, 2.24) is 4.57 Å². The maximum atomic E-state index is 13.3. The predicted molar refractivity (Wildman–Crippen MR) is 119 cm³/mol. The highest BCUT2D eigenvalue weighted by Crippen LogP contribution is 2.38. The van der Waals surface area contributed by atoms with Crippen molar-refractivity contribution in [3.63, 3.8) is 0 Å². The van der Waals surface area contributed by atoms with Crippen LogP contribution in [0.4, 0.5) is 39.5 Å². The largest absolute Gasteiger partial charge is 0.480 e. The van der Waals surface area contributed by atoms with E-state index in [2.05, 4.69) is 0 Å². The van der Waals surface area contributed by atoms with Crippen LogP contribution in [-0.2, 0) is 36.3 Å². The Morgan fingerprint density at radius 1 is 0.711 bits per heavy atom. The Morgan fingerprint density at radius 3 is 1.84 bits per heavy atom. The standard InChI is InChI=1S/C26H16F9NO2/c27-24(28,29)18-3-1-2-15(9-18)16-4-5-22-21(10-16)17(12-36(22)13-23(37)38)6-14-7-19(25(30,31)32)11-20(8-14)26(33,34)35/h1-5,7-12H,6,13H2,(H,37,38). The second kappa shape index (κ2) is 9.41. The number of carbonyl (C=O) groups is 1. The molecule has 4 aromatic rings. The summed E-state index contributed by atoms with van der Waals surface area (Å²) in [5, 5.41) is 9.51. The molecule has 0 aliphatic rings. The molecule has 3 aromatic carbocycles. The molecular formula is C26H16F9NO2. The summed E-state index contributed by atoms with van der Waals surface area (Å²) in [6, 6.07) is 9.85. The highest BCUT2D eigenvalue weighted by molar-refractivity contribution is 5.90. The Hall–Kier alpha value is -3.96. The minimum absolute atomic E-state index is 0.00293. The average molecular weight is 545 g/mol. The van der Waals surface area contributed by atoms with Gasteiger partial charge in [0.1, 0.15) is 6.54 Å². The van der Waals surface area contributed by atoms with Crippen LogP contribution in [0.2, 0.25) is 0 Å². The lowest BCUT2D eigenvalue weighted by Gasteiger charge is -2.14. The second-order valence-corrected chi connectivity index (χ2v) is 8.58. The Balaban J connectivity index is 1.86. The SMILES string of the molecule is O=C(O)Cn1cc(Cc2cc(C(F)(F)F)cc(C(F)(F)F)c2)c2cc(-c3cccc(C(F)(F)F)c3)ccc21. The molecule has 12 heteroatoms. The van der Waals surface area contributed by atoms with Crippen molar-refractivity contribution in [2.24, 2.45) is 0 Å². The van der Waals surface area contributed by atoms with Crippen LogP contribution in [0.1, 0.15) is 27.8 Å². The van der Waals surface area contributed by atoms with Crippen LogP contribution in [0, 0.1) is 0 Å². The van der Waals surface area contributed by atoms with Gasteiger partial charge in [0.15, 0.2) is 0 Å². The van der Waals surface area contributed by atoms with Gasteiger partial charge < -0.3 is 9.67 Å². The quantitative estimate of drug-likeness (QED) is 0.258. The van der Waals surface area contributed by atoms with Crippen molar-refractivity contribution in [2.45, 2.75) is 31.5 Å². The molecule has 0 radical (unpaired) electrons. The van der Waals surface area contributed by atoms with Crippen molar-refractivity contribution >= 4 is 16.9 Å². The number of alkyl halides is 9. The number of rotatable bonds is 5. The number of carboxylic acid groups (broad SMARTS) is 1. The maximum absolute atomic E-state index is 13.3. The Morgan fingerprint density at radius 2 is 1.29 bits per heavy atom. The third-order valence-electron chi connectivity index (χ3n) is 5.83. The van der Waals surface area contributed by atoms with Gasteiger partial charge in [0.25, 0.3) is 0 Å². The van der Waals surface area contributed by atoms with E-state index in [4.69, 9.17) is 0 Å². The summed E-state index contributed by atoms with van der Waals surface area (Å²) in [4.78, 5) is 11.3. The Kier molecular flexibility index (Phi) is 6.71. The van der Waals surface area contributed by atoms with Crippen molar-refractivity contribution in [1.29, 1.82) is 0 Å². The molecule has 0 aliphatic carbocycles. The van der Waals surface area contributed by atoms with Gasteiger partial charge in [-0.3, -0.25) is 4.79 Å². The van der Waals surface area contributed by atoms with Gasteiger partial charge in [-0.15, -0.1) is 0 Å². The number of halogens is 9. The highest BCUT2D eigenvalue weighted by Gasteiger charge is 2.37. The zero-order chi connectivity index (χ0) is 28.0. The maximum Gasteiger partial charge on any atom is 0.416 e. The van der Waals surface area contributed by atoms with Crippen LogP contribution in [0.15, 0.2) is 66.9 Å². The molecule has 0 unspecified atom stereocenters. The van der Waals surface area contributed by atoms with Gasteiger partial charge in [-0.25, -0.2) is 0 Å². The third-order valence-corrected chi connectivity index (χ3v) is 5.83. The molecule has 0 saturated carbocycles. The highest BCUT2D eigenvalue weighted by atomic mass is 19.4. The molecule has 0 fully saturated rings. The number of nitrogens with zero attached hydrogens (tertiary/aromatic N) is 1. The molecule has 1 heterocycles. The molecule has 38 heavy (non-hydrogen) atoms. The first-order chi connectivity index (χ1) is 17.5. The molecule has 1 aromatic heterocycles. The van der Waals surface area contributed by atoms with Gasteiger partial charge in [-0.05, 0) is 71.1 Å². The lowest BCUT2D eigenvalue weighted by molar-refractivity contribution is -0.143. The topological polar surface area (TPSA) is 42.2 Å². The van der Waals surface area contributed by atoms with Crippen molar-refractivity contribution < 1.29 is 49.4 Å². The van der Waals surface area contributed by atoms with Gasteiger partial charge in [-0.1, -0.05) is 18.2 Å². The molecule has 4 rings (SSSR count). The average Bonchev–Trinajstić information content (AvgIpc) is 3.13. The summed E-state index contributed by atoms with van der Waals surface area (Å²) in [6.07, 6.45) is -13.9. The molecular weight excluding hydrogens is 529 g/mol. The first-order valence-corrected chi connectivity index (χ1v) is 10.8. The predicted octanol–water partition coefficient (Wildman–Crippen LogP) is 8.04. The summed E-state index contributed by atoms with van der Waals surface area (Å²) in [5.41, 5.74) is -3.30. The molecule has 0 atom stereocenters. The second-order valence-electron chi connectivity index (χ2n) is 8.58. The number of aromatic nitrogens is 1. The van der Waals surface area contributed by atoms with E-state index < -0.39 is 54.2 Å². The van der Waals surface area contributed by atoms with Crippen molar-refractivity contribution in [2.75, 3.05) is 0 Å². The minimum atomic E-state index is -5.05. The fourth-order valence-corrected chi connectivity index (χ4v) is 4.18. The molecule has 0 amide bonds. The lowest BCUT2D eigenvalue weighted by atomic mass is 9.97. The van der Waals surface area contributed by atoms with E-state index in [1.165, 1.54) is 41.1 Å². The Labute approximate surface area is 208 Å². The normalized spacial score (nSPS) is 12.8. The summed E-state index contributed by atoms with van der Waals surface area (Å²) < 4.78 is 121. The van der Waals surface area contributed by atoms with Gasteiger partial charge in [0.05, 0.1) is 16.7 Å². The summed E-state index contributed by atoms with van der Waals surface area (Å²) in [5.74, 6) is -1.26. The number of hydrogen-bond acceptors (Lipinski definition) is 1. The van der Waals surface area contributed by atoms with Crippen LogP contribution in [0.25, 0.3) is 22.0 Å². The first-order valence-electron chi connectivity index (χ1n) is 10.8. The molecule has 0 aliphatic heterocycles. The van der Waals surface area contributed by atoms with Gasteiger partial charge in [0.2, 0.25) is 0 Å². The van der Waals surface area contributed by atoms with E-state index in [1.807, 2.05) is 0 Å². The Bertz CT molecular complexity index is 1480. The molecule has 200 valence electrons. The molecule has 0 bridgehead atoms. The summed E-state index contributed by atoms with van der Waals surface area (Å²) in [7, 11) is 0. The van der Waals surface area contributed by atoms with E-state index in [9.17, 15) is 49.4 Å². The molecule has 1 N–H and O–H groups in total. The number of aliphatic carboxylic acids is 1. The summed E-state index contributed by atoms with van der Waals surface area (Å²) in [6.45, 7) is -0.560. The fourth-order valence-electron chi connectivity index (χ4n) is 4.18. The van der Waals surface area contributed by atoms with E-state index in [1.54, 1.807) is 0 Å². The first kappa shape index (κ1) is 27.1. The van der Waals surface area contributed by atoms with Crippen LogP contribution >= 0.6 is 0 Å². The van der Waals surface area contributed by atoms with E-state index in [-0.39, 0.29) is 33.7 Å². The fraction of sp³-hybridized carbons (Fsp3) is 0.192. The van der Waals surface area contributed by atoms with Gasteiger partial charge in [-0.2, -0.15) is 39.5 Å². The smallest absolute Gasteiger partial charge is 0.416 e. The molecule has 0 spiro atoms. The number of fused-ring (bicyclic) bond motifs is 1. The molecule has 3 nitrogen and oxygen atoms in total. The number of carboxylic acids is 1. The zero-order valence-electron chi connectivity index (χ0n) is 19.0. The lowest BCUT2D eigenvalue weighted by Crippen LogP contribution is -2.12. The van der Waals surface area contributed by atoms with E-state index in [0.29, 0.717) is 17.6 Å². The van der Waals surface area contributed by atoms with Crippen molar-refractivity contribution in [3.8, 4) is 11.1 Å². The zero-order valence-corrected chi connectivity index (χ0v) is 19.0. The number of hydrogen-bond donors (Lipinski definition) is 1. The van der Waals surface area contributed by atoms with E-state index in [0.717, 1.165) is 12.1 Å². The summed E-state index contributed by atoms with van der Waals surface area (Å²) >= 11 is 0. The van der Waals surface area contributed by atoms with Crippen LogP contribution in [-0.4, -0.2) is 15.6 Å². The molecule has 0 saturated heterocycles. The van der Waals surface area contributed by atoms with Crippen LogP contribution in [0.5, 0.6) is 0 Å². The van der Waals surface area contributed by atoms with Crippen molar-refractivity contribution in [3.05, 3.63) is 94.7 Å². The van der Waals surface area contributed by atoms with Crippen LogP contribution in [0.3, 0.4) is 0 Å². The monoisotopic (exact) mass is 545 g/mol. The minimum Gasteiger partial charge on any atom is -0.480 e. The van der Waals surface area contributed by atoms with Gasteiger partial charge >= 0.3 is 24.5 Å².